The Labute approximate surface area is 102 Å². The van der Waals surface area contributed by atoms with E-state index in [4.69, 9.17) is 4.74 Å². The van der Waals surface area contributed by atoms with Crippen LogP contribution in [0.25, 0.3) is 0 Å². The monoisotopic (exact) mass is 239 g/mol. The van der Waals surface area contributed by atoms with E-state index in [1.54, 1.807) is 0 Å². The number of carboxylic acid groups (broad SMARTS) is 1. The zero-order valence-electron chi connectivity index (χ0n) is 10.4. The summed E-state index contributed by atoms with van der Waals surface area (Å²) in [6.07, 6.45) is 4.36. The second kappa shape index (κ2) is 3.69. The summed E-state index contributed by atoms with van der Waals surface area (Å²) < 4.78 is 5.39. The molecule has 2 saturated heterocycles. The van der Waals surface area contributed by atoms with E-state index in [0.29, 0.717) is 11.3 Å². The first-order valence-electron chi connectivity index (χ1n) is 6.63. The van der Waals surface area contributed by atoms with Crippen molar-refractivity contribution in [2.45, 2.75) is 38.1 Å². The van der Waals surface area contributed by atoms with Gasteiger partial charge in [-0.3, -0.25) is 9.69 Å². The number of nitrogens with zero attached hydrogens (tertiary/aromatic N) is 1. The highest BCUT2D eigenvalue weighted by Gasteiger charge is 2.58. The van der Waals surface area contributed by atoms with Crippen LogP contribution in [0.15, 0.2) is 0 Å². The molecule has 0 radical (unpaired) electrons. The van der Waals surface area contributed by atoms with Crippen molar-refractivity contribution in [3.8, 4) is 0 Å². The third-order valence-corrected chi connectivity index (χ3v) is 5.07. The van der Waals surface area contributed by atoms with Gasteiger partial charge in [0, 0.05) is 31.7 Å². The fourth-order valence-electron chi connectivity index (χ4n) is 3.43. The molecule has 3 fully saturated rings. The smallest absolute Gasteiger partial charge is 0.324 e. The lowest BCUT2D eigenvalue weighted by Gasteiger charge is -2.57. The number of hydrogen-bond acceptors (Lipinski definition) is 3. The van der Waals surface area contributed by atoms with Crippen LogP contribution in [0.1, 0.15) is 32.6 Å². The second-order valence-corrected chi connectivity index (χ2v) is 6.20. The Balaban J connectivity index is 1.68. The molecule has 17 heavy (non-hydrogen) atoms. The molecule has 1 unspecified atom stereocenters. The van der Waals surface area contributed by atoms with E-state index in [-0.39, 0.29) is 0 Å². The summed E-state index contributed by atoms with van der Waals surface area (Å²) in [6.45, 7) is 5.52. The number of aliphatic carboxylic acids is 1. The summed E-state index contributed by atoms with van der Waals surface area (Å²) in [5.74, 6) is -0.265. The molecule has 0 aromatic rings. The van der Waals surface area contributed by atoms with Gasteiger partial charge in [0.25, 0.3) is 0 Å². The lowest BCUT2D eigenvalue weighted by atomic mass is 9.70. The summed E-state index contributed by atoms with van der Waals surface area (Å²) in [4.78, 5) is 13.7. The number of hydrogen-bond donors (Lipinski definition) is 1. The van der Waals surface area contributed by atoms with Crippen molar-refractivity contribution in [1.29, 1.82) is 0 Å². The molecule has 3 rings (SSSR count). The molecule has 0 aromatic carbocycles. The van der Waals surface area contributed by atoms with Gasteiger partial charge in [-0.15, -0.1) is 0 Å². The lowest BCUT2D eigenvalue weighted by Crippen LogP contribution is -2.68. The standard InChI is InChI=1S/C13H21NO3/c1-12(11(15)16,10-2-3-10)14-8-13(9-14)4-6-17-7-5-13/h10H,2-9H2,1H3,(H,15,16). The third-order valence-electron chi connectivity index (χ3n) is 5.07. The van der Waals surface area contributed by atoms with Crippen LogP contribution < -0.4 is 0 Å². The number of rotatable bonds is 3. The van der Waals surface area contributed by atoms with Crippen LogP contribution in [0, 0.1) is 11.3 Å². The van der Waals surface area contributed by atoms with E-state index in [2.05, 4.69) is 4.90 Å². The van der Waals surface area contributed by atoms with Gasteiger partial charge in [0.15, 0.2) is 0 Å². The maximum Gasteiger partial charge on any atom is 0.324 e. The van der Waals surface area contributed by atoms with Crippen LogP contribution >= 0.6 is 0 Å². The quantitative estimate of drug-likeness (QED) is 0.807. The number of carboxylic acids is 1. The van der Waals surface area contributed by atoms with E-state index in [1.165, 1.54) is 0 Å². The number of carbonyl (C=O) groups is 1. The second-order valence-electron chi connectivity index (χ2n) is 6.20. The Morgan fingerprint density at radius 3 is 2.41 bits per heavy atom. The van der Waals surface area contributed by atoms with E-state index in [0.717, 1.165) is 52.0 Å². The molecule has 2 aliphatic heterocycles. The van der Waals surface area contributed by atoms with Gasteiger partial charge < -0.3 is 9.84 Å². The molecule has 96 valence electrons. The molecular formula is C13H21NO3. The van der Waals surface area contributed by atoms with Crippen molar-refractivity contribution >= 4 is 5.97 Å². The maximum absolute atomic E-state index is 11.5. The van der Waals surface area contributed by atoms with Gasteiger partial charge in [-0.1, -0.05) is 0 Å². The molecular weight excluding hydrogens is 218 g/mol. The van der Waals surface area contributed by atoms with Gasteiger partial charge in [0.05, 0.1) is 0 Å². The van der Waals surface area contributed by atoms with Crippen LogP contribution in [-0.4, -0.2) is 47.8 Å². The molecule has 0 bridgehead atoms. The molecule has 3 aliphatic rings. The Kier molecular flexibility index (Phi) is 2.49. The minimum Gasteiger partial charge on any atom is -0.480 e. The Bertz CT molecular complexity index is 326. The molecule has 1 saturated carbocycles. The Hall–Kier alpha value is -0.610. The fraction of sp³-hybridized carbons (Fsp3) is 0.923. The third kappa shape index (κ3) is 1.69. The largest absolute Gasteiger partial charge is 0.480 e. The summed E-state index contributed by atoms with van der Waals surface area (Å²) >= 11 is 0. The van der Waals surface area contributed by atoms with Crippen LogP contribution in [0.3, 0.4) is 0 Å². The number of ether oxygens (including phenoxy) is 1. The van der Waals surface area contributed by atoms with Crippen LogP contribution in [0.4, 0.5) is 0 Å². The SMILES string of the molecule is CC(C(=O)O)(C1CC1)N1CC2(CCOCC2)C1. The van der Waals surface area contributed by atoms with Crippen molar-refractivity contribution in [3.05, 3.63) is 0 Å². The normalized spacial score (nSPS) is 31.8. The van der Waals surface area contributed by atoms with Gasteiger partial charge in [-0.2, -0.15) is 0 Å². The predicted octanol–water partition coefficient (Wildman–Crippen LogP) is 1.35. The van der Waals surface area contributed by atoms with E-state index >= 15 is 0 Å². The first-order valence-corrected chi connectivity index (χ1v) is 6.63. The molecule has 1 atom stereocenters. The van der Waals surface area contributed by atoms with Crippen molar-refractivity contribution in [2.75, 3.05) is 26.3 Å². The number of likely N-dealkylation sites (tertiary alicyclic amines) is 1. The fourth-order valence-corrected chi connectivity index (χ4v) is 3.43. The highest BCUT2D eigenvalue weighted by Crippen LogP contribution is 2.50. The summed E-state index contributed by atoms with van der Waals surface area (Å²) in [5.41, 5.74) is -0.243. The molecule has 4 nitrogen and oxygen atoms in total. The van der Waals surface area contributed by atoms with Crippen molar-refractivity contribution in [1.82, 2.24) is 4.90 Å². The Morgan fingerprint density at radius 2 is 1.94 bits per heavy atom. The zero-order chi connectivity index (χ0) is 12.1. The zero-order valence-corrected chi connectivity index (χ0v) is 10.4. The minimum atomic E-state index is -0.637. The molecule has 1 spiro atoms. The Morgan fingerprint density at radius 1 is 1.35 bits per heavy atom. The molecule has 1 N–H and O–H groups in total. The molecule has 0 aromatic heterocycles. The summed E-state index contributed by atoms with van der Waals surface area (Å²) in [5, 5.41) is 9.50. The first-order chi connectivity index (χ1) is 8.07. The van der Waals surface area contributed by atoms with Gasteiger partial charge in [-0.25, -0.2) is 0 Å². The predicted molar refractivity (Wildman–Crippen MR) is 62.8 cm³/mol. The van der Waals surface area contributed by atoms with Gasteiger partial charge in [0.2, 0.25) is 0 Å². The average molecular weight is 239 g/mol. The van der Waals surface area contributed by atoms with E-state index in [9.17, 15) is 9.90 Å². The average Bonchev–Trinajstić information content (AvgIpc) is 3.09. The van der Waals surface area contributed by atoms with E-state index in [1.807, 2.05) is 6.92 Å². The van der Waals surface area contributed by atoms with Crippen molar-refractivity contribution in [2.24, 2.45) is 11.3 Å². The highest BCUT2D eigenvalue weighted by molar-refractivity contribution is 5.79. The van der Waals surface area contributed by atoms with Gasteiger partial charge in [-0.05, 0) is 38.5 Å². The molecule has 4 heteroatoms. The maximum atomic E-state index is 11.5. The van der Waals surface area contributed by atoms with Crippen molar-refractivity contribution < 1.29 is 14.6 Å². The molecule has 2 heterocycles. The lowest BCUT2D eigenvalue weighted by molar-refractivity contribution is -0.171. The summed E-state index contributed by atoms with van der Waals surface area (Å²) in [7, 11) is 0. The molecule has 0 amide bonds. The van der Waals surface area contributed by atoms with Crippen LogP contribution in [0.5, 0.6) is 0 Å². The van der Waals surface area contributed by atoms with Gasteiger partial charge >= 0.3 is 5.97 Å². The summed E-state index contributed by atoms with van der Waals surface area (Å²) in [6, 6.07) is 0. The molecule has 1 aliphatic carbocycles. The first kappa shape index (κ1) is 11.5. The topological polar surface area (TPSA) is 49.8 Å². The van der Waals surface area contributed by atoms with Gasteiger partial charge in [0.1, 0.15) is 5.54 Å². The van der Waals surface area contributed by atoms with E-state index < -0.39 is 11.5 Å². The highest BCUT2D eigenvalue weighted by atomic mass is 16.5. The minimum absolute atomic E-state index is 0.365. The van der Waals surface area contributed by atoms with Crippen LogP contribution in [-0.2, 0) is 9.53 Å². The van der Waals surface area contributed by atoms with Crippen LogP contribution in [0.2, 0.25) is 0 Å². The van der Waals surface area contributed by atoms with Crippen molar-refractivity contribution in [3.63, 3.8) is 0 Å².